The highest BCUT2D eigenvalue weighted by molar-refractivity contribution is 7.10. The highest BCUT2D eigenvalue weighted by Crippen LogP contribution is 2.24. The molecule has 22 heavy (non-hydrogen) atoms. The molecular formula is C17H21N3OS. The number of hydrogen-bond donors (Lipinski definition) is 2. The highest BCUT2D eigenvalue weighted by atomic mass is 32.1. The van der Waals surface area contributed by atoms with Crippen LogP contribution in [0.25, 0.3) is 0 Å². The van der Waals surface area contributed by atoms with E-state index in [0.29, 0.717) is 6.54 Å². The molecule has 1 aromatic carbocycles. The van der Waals surface area contributed by atoms with Crippen molar-refractivity contribution < 1.29 is 4.79 Å². The largest absolute Gasteiger partial charge is 0.384 e. The minimum Gasteiger partial charge on any atom is -0.384 e. The zero-order valence-electron chi connectivity index (χ0n) is 12.9. The SMILES string of the molecule is CN(C)C(CNC(=O)c1ccc2c(c1)CCN2)c1cccs1. The molecule has 1 aliphatic heterocycles. The summed E-state index contributed by atoms with van der Waals surface area (Å²) in [5.41, 5.74) is 3.13. The van der Waals surface area contributed by atoms with Crippen molar-refractivity contribution in [1.82, 2.24) is 10.2 Å². The highest BCUT2D eigenvalue weighted by Gasteiger charge is 2.18. The van der Waals surface area contributed by atoms with Crippen LogP contribution in [0, 0.1) is 0 Å². The first-order valence-corrected chi connectivity index (χ1v) is 8.38. The van der Waals surface area contributed by atoms with E-state index in [2.05, 4.69) is 27.0 Å². The van der Waals surface area contributed by atoms with Gasteiger partial charge in [-0.2, -0.15) is 0 Å². The number of rotatable bonds is 5. The molecule has 2 heterocycles. The van der Waals surface area contributed by atoms with E-state index in [9.17, 15) is 4.79 Å². The predicted molar refractivity (Wildman–Crippen MR) is 91.7 cm³/mol. The van der Waals surface area contributed by atoms with Crippen LogP contribution in [-0.4, -0.2) is 38.0 Å². The third-order valence-corrected chi connectivity index (χ3v) is 5.00. The van der Waals surface area contributed by atoms with Gasteiger partial charge in [0.05, 0.1) is 6.04 Å². The van der Waals surface area contributed by atoms with Crippen molar-refractivity contribution in [3.05, 3.63) is 51.7 Å². The molecule has 0 radical (unpaired) electrons. The van der Waals surface area contributed by atoms with Crippen LogP contribution in [0.5, 0.6) is 0 Å². The molecule has 1 atom stereocenters. The van der Waals surface area contributed by atoms with E-state index in [-0.39, 0.29) is 11.9 Å². The van der Waals surface area contributed by atoms with Crippen molar-refractivity contribution >= 4 is 22.9 Å². The molecule has 2 aromatic rings. The van der Waals surface area contributed by atoms with Crippen LogP contribution in [0.15, 0.2) is 35.7 Å². The molecule has 1 unspecified atom stereocenters. The lowest BCUT2D eigenvalue weighted by Gasteiger charge is -2.23. The van der Waals surface area contributed by atoms with Gasteiger partial charge >= 0.3 is 0 Å². The number of nitrogens with one attached hydrogen (secondary N) is 2. The van der Waals surface area contributed by atoms with Crippen LogP contribution < -0.4 is 10.6 Å². The Kier molecular flexibility index (Phi) is 4.45. The number of hydrogen-bond acceptors (Lipinski definition) is 4. The lowest BCUT2D eigenvalue weighted by Crippen LogP contribution is -2.34. The number of fused-ring (bicyclic) bond motifs is 1. The molecule has 0 aliphatic carbocycles. The molecule has 0 fully saturated rings. The molecule has 2 N–H and O–H groups in total. The lowest BCUT2D eigenvalue weighted by atomic mass is 10.1. The molecule has 0 bridgehead atoms. The minimum atomic E-state index is -0.00175. The number of thiophene rings is 1. The number of nitrogens with zero attached hydrogens (tertiary/aromatic N) is 1. The number of carbonyl (C=O) groups is 1. The maximum Gasteiger partial charge on any atom is 0.251 e. The Morgan fingerprint density at radius 3 is 3.00 bits per heavy atom. The second kappa shape index (κ2) is 6.50. The van der Waals surface area contributed by atoms with Gasteiger partial charge in [0.25, 0.3) is 5.91 Å². The third-order valence-electron chi connectivity index (χ3n) is 4.03. The summed E-state index contributed by atoms with van der Waals surface area (Å²) in [7, 11) is 4.08. The fraction of sp³-hybridized carbons (Fsp3) is 0.353. The van der Waals surface area contributed by atoms with Crippen molar-refractivity contribution in [2.24, 2.45) is 0 Å². The van der Waals surface area contributed by atoms with E-state index in [0.717, 1.165) is 24.2 Å². The van der Waals surface area contributed by atoms with Gasteiger partial charge in [0.15, 0.2) is 0 Å². The molecule has 0 saturated carbocycles. The lowest BCUT2D eigenvalue weighted by molar-refractivity contribution is 0.0942. The summed E-state index contributed by atoms with van der Waals surface area (Å²) in [5, 5.41) is 8.45. The predicted octanol–water partition coefficient (Wildman–Crippen LogP) is 2.75. The molecule has 3 rings (SSSR count). The van der Waals surface area contributed by atoms with E-state index >= 15 is 0 Å². The normalized spacial score (nSPS) is 14.5. The molecular weight excluding hydrogens is 294 g/mol. The van der Waals surface area contributed by atoms with Gasteiger partial charge < -0.3 is 15.5 Å². The summed E-state index contributed by atoms with van der Waals surface area (Å²) in [6.07, 6.45) is 0.992. The van der Waals surface area contributed by atoms with Crippen LogP contribution in [0.3, 0.4) is 0 Å². The Morgan fingerprint density at radius 1 is 1.41 bits per heavy atom. The Hall–Kier alpha value is -1.85. The van der Waals surface area contributed by atoms with Gasteiger partial charge in [0.2, 0.25) is 0 Å². The number of amides is 1. The molecule has 1 aliphatic rings. The second-order valence-corrected chi connectivity index (χ2v) is 6.73. The van der Waals surface area contributed by atoms with E-state index in [1.165, 1.54) is 10.4 Å². The van der Waals surface area contributed by atoms with Crippen molar-refractivity contribution in [2.75, 3.05) is 32.5 Å². The maximum absolute atomic E-state index is 12.4. The molecule has 5 heteroatoms. The van der Waals surface area contributed by atoms with Gasteiger partial charge in [-0.05, 0) is 55.7 Å². The first-order valence-electron chi connectivity index (χ1n) is 7.50. The summed E-state index contributed by atoms with van der Waals surface area (Å²) in [6.45, 7) is 1.57. The summed E-state index contributed by atoms with van der Waals surface area (Å²) in [4.78, 5) is 15.8. The van der Waals surface area contributed by atoms with Gasteiger partial charge in [-0.3, -0.25) is 4.79 Å². The molecule has 0 spiro atoms. The fourth-order valence-electron chi connectivity index (χ4n) is 2.76. The first-order chi connectivity index (χ1) is 10.6. The molecule has 1 amide bonds. The molecule has 1 aromatic heterocycles. The number of carbonyl (C=O) groups excluding carboxylic acids is 1. The summed E-state index contributed by atoms with van der Waals surface area (Å²) < 4.78 is 0. The monoisotopic (exact) mass is 315 g/mol. The van der Waals surface area contributed by atoms with Gasteiger partial charge in [-0.25, -0.2) is 0 Å². The molecule has 116 valence electrons. The standard InChI is InChI=1S/C17H21N3OS/c1-20(2)15(16-4-3-9-22-16)11-19-17(21)13-5-6-14-12(10-13)7-8-18-14/h3-6,9-10,15,18H,7-8,11H2,1-2H3,(H,19,21). The Bertz CT molecular complexity index is 652. The first kappa shape index (κ1) is 15.1. The summed E-state index contributed by atoms with van der Waals surface area (Å²) >= 11 is 1.72. The van der Waals surface area contributed by atoms with Crippen molar-refractivity contribution in [3.63, 3.8) is 0 Å². The molecule has 4 nitrogen and oxygen atoms in total. The van der Waals surface area contributed by atoms with Crippen molar-refractivity contribution in [3.8, 4) is 0 Å². The average molecular weight is 315 g/mol. The quantitative estimate of drug-likeness (QED) is 0.892. The Morgan fingerprint density at radius 2 is 2.27 bits per heavy atom. The minimum absolute atomic E-state index is 0.00175. The zero-order valence-corrected chi connectivity index (χ0v) is 13.7. The van der Waals surface area contributed by atoms with E-state index in [1.807, 2.05) is 38.4 Å². The third kappa shape index (κ3) is 3.15. The van der Waals surface area contributed by atoms with E-state index < -0.39 is 0 Å². The van der Waals surface area contributed by atoms with E-state index in [4.69, 9.17) is 0 Å². The number of anilines is 1. The van der Waals surface area contributed by atoms with Gasteiger partial charge in [-0.15, -0.1) is 11.3 Å². The van der Waals surface area contributed by atoms with Crippen LogP contribution >= 0.6 is 11.3 Å². The summed E-state index contributed by atoms with van der Waals surface area (Å²) in [5.74, 6) is -0.00175. The molecule has 0 saturated heterocycles. The van der Waals surface area contributed by atoms with Gasteiger partial charge in [-0.1, -0.05) is 6.07 Å². The maximum atomic E-state index is 12.4. The van der Waals surface area contributed by atoms with Crippen LogP contribution in [0.2, 0.25) is 0 Å². The number of likely N-dealkylation sites (N-methyl/N-ethyl adjacent to an activating group) is 1. The van der Waals surface area contributed by atoms with Crippen LogP contribution in [0.4, 0.5) is 5.69 Å². The smallest absolute Gasteiger partial charge is 0.251 e. The van der Waals surface area contributed by atoms with Gasteiger partial charge in [0, 0.05) is 29.2 Å². The number of benzene rings is 1. The Labute approximate surface area is 135 Å². The summed E-state index contributed by atoms with van der Waals surface area (Å²) in [6, 6.07) is 10.3. The van der Waals surface area contributed by atoms with Crippen molar-refractivity contribution in [2.45, 2.75) is 12.5 Å². The van der Waals surface area contributed by atoms with Crippen LogP contribution in [-0.2, 0) is 6.42 Å². The van der Waals surface area contributed by atoms with E-state index in [1.54, 1.807) is 11.3 Å². The van der Waals surface area contributed by atoms with Crippen molar-refractivity contribution in [1.29, 1.82) is 0 Å². The topological polar surface area (TPSA) is 44.4 Å². The Balaban J connectivity index is 1.66. The van der Waals surface area contributed by atoms with Gasteiger partial charge in [0.1, 0.15) is 0 Å². The second-order valence-electron chi connectivity index (χ2n) is 5.75. The van der Waals surface area contributed by atoms with Crippen LogP contribution in [0.1, 0.15) is 26.8 Å². The average Bonchev–Trinajstić information content (AvgIpc) is 3.17. The fourth-order valence-corrected chi connectivity index (χ4v) is 3.68. The zero-order chi connectivity index (χ0) is 15.5.